The van der Waals surface area contributed by atoms with Crippen LogP contribution in [-0.2, 0) is 65.4 Å². The summed E-state index contributed by atoms with van der Waals surface area (Å²) in [7, 11) is 0. The number of carbonyl (C=O) groups excluding carboxylic acids is 3. The lowest BCUT2D eigenvalue weighted by Gasteiger charge is -2.54. The van der Waals surface area contributed by atoms with E-state index in [1.165, 1.54) is 36.4 Å². The van der Waals surface area contributed by atoms with Gasteiger partial charge in [0.15, 0.2) is 46.0 Å². The van der Waals surface area contributed by atoms with Crippen molar-refractivity contribution in [3.63, 3.8) is 0 Å². The number of hydrogen-bond donors (Lipinski definition) is 13. The Hall–Kier alpha value is -9.39. The molecule has 0 radical (unpaired) electrons. The number of carboxylic acid groups (broad SMARTS) is 4. The largest absolute Gasteiger partial charge is 0.504 e. The predicted octanol–water partition coefficient (Wildman–Crippen LogP) is 2.93. The van der Waals surface area contributed by atoms with E-state index in [1.807, 2.05) is 0 Å². The molecule has 4 aromatic rings. The molecule has 24 heteroatoms. The molecule has 4 bridgehead atoms. The zero-order valence-corrected chi connectivity index (χ0v) is 40.0. The molecule has 3 fully saturated rings. The number of aliphatic hydroxyl groups is 1. The van der Waals surface area contributed by atoms with Crippen LogP contribution in [0.25, 0.3) is 0 Å². The number of carbonyl (C=O) groups is 7. The minimum Gasteiger partial charge on any atom is -0.504 e. The molecule has 6 aliphatic carbocycles. The van der Waals surface area contributed by atoms with Gasteiger partial charge in [-0.05, 0) is 81.9 Å². The molecule has 1 spiro atoms. The third-order valence-corrected chi connectivity index (χ3v) is 14.8. The number of phenolic OH excluding ortho intramolecular Hbond substituents is 8. The Balaban J connectivity index is 1.11. The van der Waals surface area contributed by atoms with Crippen LogP contribution in [0.3, 0.4) is 0 Å². The molecular weight excluding hydrogens is 1030 g/mol. The van der Waals surface area contributed by atoms with Crippen molar-refractivity contribution in [3.05, 3.63) is 143 Å². The van der Waals surface area contributed by atoms with E-state index >= 15 is 4.79 Å². The molecule has 13 atom stereocenters. The molecule has 4 aromatic carbocycles. The summed E-state index contributed by atoms with van der Waals surface area (Å²) in [6, 6.07) is 13.5. The molecule has 1 saturated heterocycles. The third-order valence-electron chi connectivity index (χ3n) is 14.8. The first-order valence-electron chi connectivity index (χ1n) is 23.7. The minimum absolute atomic E-state index is 0.0251. The van der Waals surface area contributed by atoms with Crippen molar-refractivity contribution in [1.82, 2.24) is 0 Å². The number of rotatable bonds is 16. The molecule has 0 unspecified atom stereocenters. The molecule has 1 aliphatic heterocycles. The molecular formula is C54H46O24. The maximum absolute atomic E-state index is 15.4. The summed E-state index contributed by atoms with van der Waals surface area (Å²) in [5, 5.41) is 136. The monoisotopic (exact) mass is 1080 g/mol. The van der Waals surface area contributed by atoms with Gasteiger partial charge in [-0.25, -0.2) is 19.2 Å². The van der Waals surface area contributed by atoms with Gasteiger partial charge in [-0.1, -0.05) is 48.6 Å². The first kappa shape index (κ1) is 53.4. The number of hydrogen-bond acceptors (Lipinski definition) is 20. The average molecular weight is 1080 g/mol. The van der Waals surface area contributed by atoms with Gasteiger partial charge >= 0.3 is 35.8 Å². The Morgan fingerprint density at radius 2 is 1.01 bits per heavy atom. The first-order valence-corrected chi connectivity index (χ1v) is 23.7. The van der Waals surface area contributed by atoms with E-state index in [0.29, 0.717) is 6.08 Å². The number of Topliss-reactive ketones (excluding diaryl/α,β-unsaturated/α-hetero) is 1. The van der Waals surface area contributed by atoms with Crippen LogP contribution in [0, 0.1) is 35.5 Å². The zero-order chi connectivity index (χ0) is 56.4. The minimum atomic E-state index is -2.91. The SMILES string of the molecule is O=C(/C=C/C1=C[C@H]2[C@H](c3ccc(O)c(O)c3)[C@@H](C(=O)O)[C@@H]1C(=O)[C@]21O[C@@H]2[C@@H]3C=C(/C=C/C(=O)O[C@@H](Cc4ccc(O)c(O)c4)C(=O)O)[C@@H]([C@H](C(=O)O)[C@H]3c3ccc(O)c(O)c3)[C@]2(O)O1)O[C@@H](Cc1ccc(O)c(O)c1)C(=O)O. The summed E-state index contributed by atoms with van der Waals surface area (Å²) in [5.41, 5.74) is -0.0299. The molecule has 0 amide bonds. The van der Waals surface area contributed by atoms with Gasteiger partial charge in [0.2, 0.25) is 29.6 Å². The number of phenols is 8. The Labute approximate surface area is 438 Å². The Kier molecular flexibility index (Phi) is 13.7. The van der Waals surface area contributed by atoms with Crippen molar-refractivity contribution in [2.24, 2.45) is 35.5 Å². The summed E-state index contributed by atoms with van der Waals surface area (Å²) >= 11 is 0. The number of ketones is 1. The second-order valence-electron chi connectivity index (χ2n) is 19.3. The summed E-state index contributed by atoms with van der Waals surface area (Å²) in [6.45, 7) is 0. The zero-order valence-electron chi connectivity index (χ0n) is 40.0. The summed E-state index contributed by atoms with van der Waals surface area (Å²) in [5.74, 6) is -34.0. The highest BCUT2D eigenvalue weighted by Gasteiger charge is 2.78. The van der Waals surface area contributed by atoms with E-state index in [-0.39, 0.29) is 33.4 Å². The highest BCUT2D eigenvalue weighted by molar-refractivity contribution is 5.99. The molecule has 24 nitrogen and oxygen atoms in total. The molecule has 13 N–H and O–H groups in total. The van der Waals surface area contributed by atoms with Crippen molar-refractivity contribution >= 4 is 41.6 Å². The molecule has 11 rings (SSSR count). The molecule has 0 aromatic heterocycles. The maximum atomic E-state index is 15.4. The van der Waals surface area contributed by atoms with Gasteiger partial charge in [0, 0.05) is 48.7 Å². The number of aliphatic carboxylic acids is 4. The fraction of sp³-hybridized carbons (Fsp3) is 0.278. The predicted molar refractivity (Wildman–Crippen MR) is 256 cm³/mol. The van der Waals surface area contributed by atoms with Crippen LogP contribution in [-0.4, -0.2) is 138 Å². The molecule has 1 heterocycles. The van der Waals surface area contributed by atoms with Gasteiger partial charge in [0.25, 0.3) is 0 Å². The number of aromatic hydroxyl groups is 8. The number of esters is 2. The lowest BCUT2D eigenvalue weighted by molar-refractivity contribution is -0.288. The first-order chi connectivity index (χ1) is 36.8. The number of allylic oxidation sites excluding steroid dienone is 3. The average Bonchev–Trinajstić information content (AvgIpc) is 3.97. The molecule has 406 valence electrons. The van der Waals surface area contributed by atoms with E-state index in [1.54, 1.807) is 0 Å². The lowest BCUT2D eigenvalue weighted by Crippen LogP contribution is -2.65. The summed E-state index contributed by atoms with van der Waals surface area (Å²) in [6.07, 6.45) is -0.425. The smallest absolute Gasteiger partial charge is 0.345 e. The van der Waals surface area contributed by atoms with E-state index in [2.05, 4.69) is 0 Å². The topological polar surface area (TPSA) is 419 Å². The fourth-order valence-electron chi connectivity index (χ4n) is 11.5. The van der Waals surface area contributed by atoms with Gasteiger partial charge in [-0.2, -0.15) is 0 Å². The van der Waals surface area contributed by atoms with Gasteiger partial charge in [0.1, 0.15) is 6.10 Å². The second kappa shape index (κ2) is 20.0. The van der Waals surface area contributed by atoms with Crippen LogP contribution in [0.2, 0.25) is 0 Å². The fourth-order valence-corrected chi connectivity index (χ4v) is 11.5. The summed E-state index contributed by atoms with van der Waals surface area (Å²) < 4.78 is 23.5. The second-order valence-corrected chi connectivity index (χ2v) is 19.3. The summed E-state index contributed by atoms with van der Waals surface area (Å²) in [4.78, 5) is 93.7. The van der Waals surface area contributed by atoms with Crippen molar-refractivity contribution in [2.45, 2.75) is 54.6 Å². The van der Waals surface area contributed by atoms with Crippen molar-refractivity contribution in [2.75, 3.05) is 0 Å². The third kappa shape index (κ3) is 9.30. The normalized spacial score (nSPS) is 28.4. The molecule has 2 saturated carbocycles. The van der Waals surface area contributed by atoms with E-state index in [9.17, 15) is 95.2 Å². The number of carboxylic acids is 4. The highest BCUT2D eigenvalue weighted by atomic mass is 16.8. The van der Waals surface area contributed by atoms with Crippen LogP contribution in [0.5, 0.6) is 46.0 Å². The van der Waals surface area contributed by atoms with Gasteiger partial charge in [-0.15, -0.1) is 0 Å². The van der Waals surface area contributed by atoms with E-state index in [0.717, 1.165) is 66.8 Å². The number of fused-ring (bicyclic) bond motifs is 2. The van der Waals surface area contributed by atoms with Crippen molar-refractivity contribution in [3.8, 4) is 46.0 Å². The van der Waals surface area contributed by atoms with Crippen LogP contribution in [0.15, 0.2) is 120 Å². The lowest BCUT2D eigenvalue weighted by atomic mass is 9.54. The van der Waals surface area contributed by atoms with Crippen molar-refractivity contribution in [1.29, 1.82) is 0 Å². The van der Waals surface area contributed by atoms with Gasteiger partial charge < -0.3 is 85.3 Å². The number of ether oxygens (including phenoxy) is 4. The van der Waals surface area contributed by atoms with Crippen LogP contribution >= 0.6 is 0 Å². The van der Waals surface area contributed by atoms with Gasteiger partial charge in [-0.3, -0.25) is 14.4 Å². The van der Waals surface area contributed by atoms with Crippen molar-refractivity contribution < 1.29 is 119 Å². The van der Waals surface area contributed by atoms with E-state index in [4.69, 9.17) is 18.9 Å². The molecule has 78 heavy (non-hydrogen) atoms. The van der Waals surface area contributed by atoms with E-state index < -0.39 is 178 Å². The quantitative estimate of drug-likeness (QED) is 0.0436. The van der Waals surface area contributed by atoms with Crippen LogP contribution in [0.4, 0.5) is 0 Å². The molecule has 7 aliphatic rings. The number of benzene rings is 4. The standard InChI is InChI=1S/C54H46O24/c55-29-7-1-21(13-33(29)59)15-37(49(66)67)75-39(63)11-5-23-18-28-42(25-4-10-32(58)36(62)20-25)44(51(70)71)43(23)47(65)54(28)77-48-27-17-26(6-12-40(64)76-38(50(68)69)16-22-2-8-30(56)34(60)14-22)46(53(48,74)78-54)45(52(72)73)41(27)24-3-9-31(57)35(61)19-24/h1-14,17-20,27-28,37-38,41-46,48,55-62,74H,15-16H2,(H,66,67)(H,68,69)(H,70,71)(H,72,73)/b11-5+,12-6+/t27-,28+,37+,38+,41+,42+,43-,44-,45-,46+,48-,53+,54+/m1/s1. The van der Waals surface area contributed by atoms with Crippen LogP contribution in [0.1, 0.15) is 34.1 Å². The highest BCUT2D eigenvalue weighted by Crippen LogP contribution is 2.67. The van der Waals surface area contributed by atoms with Gasteiger partial charge in [0.05, 0.1) is 23.7 Å². The van der Waals surface area contributed by atoms with Crippen LogP contribution < -0.4 is 0 Å². The Morgan fingerprint density at radius 1 is 0.564 bits per heavy atom. The maximum Gasteiger partial charge on any atom is 0.345 e. The Morgan fingerprint density at radius 3 is 1.46 bits per heavy atom. The Bertz CT molecular complexity index is 3340.